The van der Waals surface area contributed by atoms with Gasteiger partial charge in [0.2, 0.25) is 0 Å². The van der Waals surface area contributed by atoms with Crippen LogP contribution >= 0.6 is 11.6 Å². The van der Waals surface area contributed by atoms with Crippen LogP contribution in [0.3, 0.4) is 0 Å². The third kappa shape index (κ3) is 4.81. The smallest absolute Gasteiger partial charge is 0.256 e. The number of nitrogens with zero attached hydrogens (tertiary/aromatic N) is 2. The molecule has 0 spiro atoms. The largest absolute Gasteiger partial charge is 0.378 e. The zero-order valence-electron chi connectivity index (χ0n) is 14.2. The molecule has 0 heterocycles. The van der Waals surface area contributed by atoms with Gasteiger partial charge in [0, 0.05) is 25.2 Å². The number of amides is 1. The molecule has 1 atom stereocenters. The standard InChI is InChI=1S/C19H23ClN2O2/c1-21(2)12-15-7-4-5-8-16(15)13-22(3)19(24)18(23)14-9-6-10-17(20)11-14/h4-11,18,23H,12-13H2,1-3H3. The van der Waals surface area contributed by atoms with Crippen molar-refractivity contribution >= 4 is 17.5 Å². The fourth-order valence-corrected chi connectivity index (χ4v) is 2.77. The number of aliphatic hydroxyl groups is 1. The van der Waals surface area contributed by atoms with Gasteiger partial charge < -0.3 is 14.9 Å². The van der Waals surface area contributed by atoms with E-state index in [0.717, 1.165) is 12.1 Å². The molecule has 1 unspecified atom stereocenters. The van der Waals surface area contributed by atoms with E-state index in [0.29, 0.717) is 17.1 Å². The highest BCUT2D eigenvalue weighted by Gasteiger charge is 2.22. The third-order valence-corrected chi connectivity index (χ3v) is 4.02. The van der Waals surface area contributed by atoms with Crippen molar-refractivity contribution in [2.75, 3.05) is 21.1 Å². The fourth-order valence-electron chi connectivity index (χ4n) is 2.57. The van der Waals surface area contributed by atoms with Crippen molar-refractivity contribution in [2.45, 2.75) is 19.2 Å². The lowest BCUT2D eigenvalue weighted by Gasteiger charge is -2.23. The van der Waals surface area contributed by atoms with Crippen LogP contribution in [0.4, 0.5) is 0 Å². The Labute approximate surface area is 148 Å². The minimum absolute atomic E-state index is 0.350. The van der Waals surface area contributed by atoms with E-state index >= 15 is 0 Å². The molecule has 0 aliphatic carbocycles. The van der Waals surface area contributed by atoms with Crippen LogP contribution in [-0.4, -0.2) is 42.0 Å². The Morgan fingerprint density at radius 2 is 1.67 bits per heavy atom. The van der Waals surface area contributed by atoms with Crippen LogP contribution in [0.5, 0.6) is 0 Å². The van der Waals surface area contributed by atoms with Crippen LogP contribution in [0.2, 0.25) is 5.02 Å². The van der Waals surface area contributed by atoms with Gasteiger partial charge in [-0.2, -0.15) is 0 Å². The zero-order chi connectivity index (χ0) is 17.7. The molecular weight excluding hydrogens is 324 g/mol. The van der Waals surface area contributed by atoms with E-state index < -0.39 is 6.10 Å². The van der Waals surface area contributed by atoms with Crippen LogP contribution in [0.1, 0.15) is 22.8 Å². The van der Waals surface area contributed by atoms with Crippen LogP contribution in [0, 0.1) is 0 Å². The quantitative estimate of drug-likeness (QED) is 0.874. The predicted octanol–water partition coefficient (Wildman–Crippen LogP) is 3.09. The lowest BCUT2D eigenvalue weighted by molar-refractivity contribution is -0.139. The molecule has 0 radical (unpaired) electrons. The van der Waals surface area contributed by atoms with Crippen molar-refractivity contribution in [1.29, 1.82) is 0 Å². The number of benzene rings is 2. The first-order valence-electron chi connectivity index (χ1n) is 7.78. The molecule has 1 N–H and O–H groups in total. The molecule has 0 bridgehead atoms. The van der Waals surface area contributed by atoms with Crippen molar-refractivity contribution in [1.82, 2.24) is 9.80 Å². The van der Waals surface area contributed by atoms with Gasteiger partial charge in [-0.3, -0.25) is 4.79 Å². The summed E-state index contributed by atoms with van der Waals surface area (Å²) in [5.74, 6) is -0.350. The second kappa shape index (κ2) is 8.29. The van der Waals surface area contributed by atoms with E-state index in [4.69, 9.17) is 11.6 Å². The number of hydrogen-bond acceptors (Lipinski definition) is 3. The van der Waals surface area contributed by atoms with Crippen LogP contribution in [-0.2, 0) is 17.9 Å². The summed E-state index contributed by atoms with van der Waals surface area (Å²) in [5, 5.41) is 10.8. The van der Waals surface area contributed by atoms with Crippen LogP contribution in [0.25, 0.3) is 0 Å². The zero-order valence-corrected chi connectivity index (χ0v) is 15.0. The Morgan fingerprint density at radius 1 is 1.04 bits per heavy atom. The Kier molecular flexibility index (Phi) is 6.37. The summed E-state index contributed by atoms with van der Waals surface area (Å²) < 4.78 is 0. The minimum Gasteiger partial charge on any atom is -0.378 e. The second-order valence-corrected chi connectivity index (χ2v) is 6.59. The average molecular weight is 347 g/mol. The predicted molar refractivity (Wildman–Crippen MR) is 96.7 cm³/mol. The average Bonchev–Trinajstić information content (AvgIpc) is 2.54. The highest BCUT2D eigenvalue weighted by atomic mass is 35.5. The number of aliphatic hydroxyl groups excluding tert-OH is 1. The monoisotopic (exact) mass is 346 g/mol. The third-order valence-electron chi connectivity index (χ3n) is 3.79. The molecule has 0 saturated carbocycles. The van der Waals surface area contributed by atoms with Crippen LogP contribution in [0.15, 0.2) is 48.5 Å². The SMILES string of the molecule is CN(C)Cc1ccccc1CN(C)C(=O)C(O)c1cccc(Cl)c1. The summed E-state index contributed by atoms with van der Waals surface area (Å²) in [6, 6.07) is 14.8. The molecule has 24 heavy (non-hydrogen) atoms. The lowest BCUT2D eigenvalue weighted by atomic mass is 10.1. The van der Waals surface area contributed by atoms with E-state index in [2.05, 4.69) is 11.0 Å². The number of carbonyl (C=O) groups is 1. The van der Waals surface area contributed by atoms with Gasteiger partial charge in [0.05, 0.1) is 0 Å². The van der Waals surface area contributed by atoms with Crippen LogP contribution < -0.4 is 0 Å². The molecular formula is C19H23ClN2O2. The summed E-state index contributed by atoms with van der Waals surface area (Å²) >= 11 is 5.93. The van der Waals surface area contributed by atoms with Crippen molar-refractivity contribution in [2.24, 2.45) is 0 Å². The molecule has 0 aliphatic heterocycles. The van der Waals surface area contributed by atoms with E-state index in [1.807, 2.05) is 32.3 Å². The molecule has 5 heteroatoms. The molecule has 2 rings (SSSR count). The van der Waals surface area contributed by atoms with Crippen molar-refractivity contribution in [3.05, 3.63) is 70.2 Å². The molecule has 0 fully saturated rings. The summed E-state index contributed by atoms with van der Waals surface area (Å²) in [7, 11) is 5.71. The summed E-state index contributed by atoms with van der Waals surface area (Å²) in [6.45, 7) is 1.25. The number of carbonyl (C=O) groups excluding carboxylic acids is 1. The Morgan fingerprint density at radius 3 is 2.25 bits per heavy atom. The highest BCUT2D eigenvalue weighted by molar-refractivity contribution is 6.30. The number of hydrogen-bond donors (Lipinski definition) is 1. The first-order chi connectivity index (χ1) is 11.4. The van der Waals surface area contributed by atoms with Gasteiger partial charge in [-0.05, 0) is 42.9 Å². The van der Waals surface area contributed by atoms with Gasteiger partial charge in [-0.1, -0.05) is 48.0 Å². The van der Waals surface area contributed by atoms with Gasteiger partial charge in [-0.15, -0.1) is 0 Å². The van der Waals surface area contributed by atoms with E-state index in [9.17, 15) is 9.90 Å². The molecule has 128 valence electrons. The van der Waals surface area contributed by atoms with Crippen molar-refractivity contribution in [3.63, 3.8) is 0 Å². The van der Waals surface area contributed by atoms with Gasteiger partial charge in [-0.25, -0.2) is 0 Å². The maximum absolute atomic E-state index is 12.5. The normalized spacial score (nSPS) is 12.2. The Hall–Kier alpha value is -1.88. The van der Waals surface area contributed by atoms with Gasteiger partial charge >= 0.3 is 0 Å². The summed E-state index contributed by atoms with van der Waals surface area (Å²) in [6.07, 6.45) is -1.21. The Bertz CT molecular complexity index is 703. The van der Waals surface area contributed by atoms with E-state index in [1.165, 1.54) is 5.56 Å². The highest BCUT2D eigenvalue weighted by Crippen LogP contribution is 2.21. The Balaban J connectivity index is 2.12. The fraction of sp³-hybridized carbons (Fsp3) is 0.316. The van der Waals surface area contributed by atoms with E-state index in [1.54, 1.807) is 36.2 Å². The maximum atomic E-state index is 12.5. The number of halogens is 1. The molecule has 2 aromatic rings. The minimum atomic E-state index is -1.21. The molecule has 0 aliphatic rings. The molecule has 0 saturated heterocycles. The topological polar surface area (TPSA) is 43.8 Å². The molecule has 4 nitrogen and oxygen atoms in total. The molecule has 0 aromatic heterocycles. The molecule has 1 amide bonds. The van der Waals surface area contributed by atoms with Gasteiger partial charge in [0.15, 0.2) is 6.10 Å². The second-order valence-electron chi connectivity index (χ2n) is 6.16. The van der Waals surface area contributed by atoms with E-state index in [-0.39, 0.29) is 5.91 Å². The number of rotatable bonds is 6. The van der Waals surface area contributed by atoms with Gasteiger partial charge in [0.1, 0.15) is 0 Å². The lowest BCUT2D eigenvalue weighted by Crippen LogP contribution is -2.31. The first kappa shape index (κ1) is 18.5. The number of likely N-dealkylation sites (N-methyl/N-ethyl adjacent to an activating group) is 1. The van der Waals surface area contributed by atoms with Crippen molar-refractivity contribution in [3.8, 4) is 0 Å². The van der Waals surface area contributed by atoms with Crippen molar-refractivity contribution < 1.29 is 9.90 Å². The summed E-state index contributed by atoms with van der Waals surface area (Å²) in [4.78, 5) is 16.1. The summed E-state index contributed by atoms with van der Waals surface area (Å²) in [5.41, 5.74) is 2.74. The van der Waals surface area contributed by atoms with Gasteiger partial charge in [0.25, 0.3) is 5.91 Å². The molecule has 2 aromatic carbocycles. The first-order valence-corrected chi connectivity index (χ1v) is 8.16. The maximum Gasteiger partial charge on any atom is 0.256 e.